The predicted octanol–water partition coefficient (Wildman–Crippen LogP) is 2.62. The standard InChI is InChI=1S/C20H22N4O3S/c1-13(2)12-17(25)22-20(28)24-23-19(27)15-8-10-16(11-9-15)21-18(26)14-6-4-3-5-7-14/h3-11,13H,12H2,1-2H3,(H,21,26)(H,23,27)(H2,22,24,25,28). The molecule has 0 aliphatic carbocycles. The molecule has 0 saturated heterocycles. The van der Waals surface area contributed by atoms with Crippen LogP contribution in [0, 0.1) is 5.92 Å². The van der Waals surface area contributed by atoms with E-state index in [0.29, 0.717) is 23.2 Å². The molecule has 0 spiro atoms. The molecule has 146 valence electrons. The number of rotatable bonds is 5. The summed E-state index contributed by atoms with van der Waals surface area (Å²) >= 11 is 4.96. The summed E-state index contributed by atoms with van der Waals surface area (Å²) in [6.45, 7) is 3.84. The monoisotopic (exact) mass is 398 g/mol. The third-order valence-electron chi connectivity index (χ3n) is 3.58. The maximum Gasteiger partial charge on any atom is 0.269 e. The zero-order valence-corrected chi connectivity index (χ0v) is 16.4. The molecule has 2 rings (SSSR count). The summed E-state index contributed by atoms with van der Waals surface area (Å²) in [5.41, 5.74) is 6.37. The first-order valence-corrected chi connectivity index (χ1v) is 9.12. The Morgan fingerprint density at radius 3 is 2.07 bits per heavy atom. The quantitative estimate of drug-likeness (QED) is 0.458. The predicted molar refractivity (Wildman–Crippen MR) is 112 cm³/mol. The van der Waals surface area contributed by atoms with E-state index in [2.05, 4.69) is 21.5 Å². The fraction of sp³-hybridized carbons (Fsp3) is 0.200. The topological polar surface area (TPSA) is 99.3 Å². The fourth-order valence-electron chi connectivity index (χ4n) is 2.26. The molecule has 28 heavy (non-hydrogen) atoms. The molecule has 0 heterocycles. The maximum absolute atomic E-state index is 12.1. The molecule has 0 bridgehead atoms. The molecule has 8 heteroatoms. The molecule has 0 fully saturated rings. The zero-order chi connectivity index (χ0) is 20.5. The van der Waals surface area contributed by atoms with Gasteiger partial charge in [-0.25, -0.2) is 0 Å². The van der Waals surface area contributed by atoms with Gasteiger partial charge < -0.3 is 10.6 Å². The largest absolute Gasteiger partial charge is 0.322 e. The lowest BCUT2D eigenvalue weighted by atomic mass is 10.1. The van der Waals surface area contributed by atoms with E-state index in [0.717, 1.165) is 0 Å². The van der Waals surface area contributed by atoms with Crippen LogP contribution in [0.2, 0.25) is 0 Å². The Bertz CT molecular complexity index is 852. The van der Waals surface area contributed by atoms with Crippen LogP contribution < -0.4 is 21.5 Å². The molecule has 7 nitrogen and oxygen atoms in total. The maximum atomic E-state index is 12.1. The van der Waals surface area contributed by atoms with Gasteiger partial charge in [0.25, 0.3) is 11.8 Å². The fourth-order valence-corrected chi connectivity index (χ4v) is 2.43. The molecule has 0 aliphatic rings. The van der Waals surface area contributed by atoms with E-state index in [-0.39, 0.29) is 22.8 Å². The van der Waals surface area contributed by atoms with Crippen molar-refractivity contribution in [1.29, 1.82) is 0 Å². The van der Waals surface area contributed by atoms with Crippen LogP contribution in [0.1, 0.15) is 41.0 Å². The molecule has 2 aromatic rings. The summed E-state index contributed by atoms with van der Waals surface area (Å²) in [6.07, 6.45) is 0.339. The van der Waals surface area contributed by atoms with Crippen LogP contribution in [0.25, 0.3) is 0 Å². The van der Waals surface area contributed by atoms with Gasteiger partial charge in [0, 0.05) is 23.2 Å². The second-order valence-electron chi connectivity index (χ2n) is 6.45. The van der Waals surface area contributed by atoms with E-state index < -0.39 is 5.91 Å². The second kappa shape index (κ2) is 10.2. The number of benzene rings is 2. The number of hydrogen-bond donors (Lipinski definition) is 4. The number of amides is 3. The second-order valence-corrected chi connectivity index (χ2v) is 6.86. The SMILES string of the molecule is CC(C)CC(=O)NC(=S)NNC(=O)c1ccc(NC(=O)c2ccccc2)cc1. The van der Waals surface area contributed by atoms with Gasteiger partial charge in [-0.15, -0.1) is 0 Å². The summed E-state index contributed by atoms with van der Waals surface area (Å²) in [7, 11) is 0. The van der Waals surface area contributed by atoms with E-state index in [1.54, 1.807) is 48.5 Å². The van der Waals surface area contributed by atoms with E-state index in [1.165, 1.54) is 0 Å². The molecule has 0 aliphatic heterocycles. The van der Waals surface area contributed by atoms with Gasteiger partial charge in [0.1, 0.15) is 0 Å². The molecule has 2 aromatic carbocycles. The average Bonchev–Trinajstić information content (AvgIpc) is 2.66. The Morgan fingerprint density at radius 2 is 1.46 bits per heavy atom. The lowest BCUT2D eigenvalue weighted by Gasteiger charge is -2.12. The van der Waals surface area contributed by atoms with Crippen LogP contribution in [0.15, 0.2) is 54.6 Å². The average molecular weight is 398 g/mol. The van der Waals surface area contributed by atoms with Crippen molar-refractivity contribution < 1.29 is 14.4 Å². The van der Waals surface area contributed by atoms with E-state index >= 15 is 0 Å². The van der Waals surface area contributed by atoms with Crippen molar-refractivity contribution in [2.45, 2.75) is 20.3 Å². The van der Waals surface area contributed by atoms with Gasteiger partial charge in [-0.05, 0) is 54.5 Å². The van der Waals surface area contributed by atoms with Crippen LogP contribution in [0.3, 0.4) is 0 Å². The summed E-state index contributed by atoms with van der Waals surface area (Å²) in [5, 5.41) is 5.26. The highest BCUT2D eigenvalue weighted by atomic mass is 32.1. The Balaban J connectivity index is 1.84. The van der Waals surface area contributed by atoms with Crippen LogP contribution in [-0.2, 0) is 4.79 Å². The minimum Gasteiger partial charge on any atom is -0.322 e. The molecule has 3 amide bonds. The van der Waals surface area contributed by atoms with Crippen molar-refractivity contribution in [3.8, 4) is 0 Å². The molecule has 0 saturated carbocycles. The minimum atomic E-state index is -0.429. The highest BCUT2D eigenvalue weighted by molar-refractivity contribution is 7.80. The van der Waals surface area contributed by atoms with Crippen molar-refractivity contribution in [2.24, 2.45) is 5.92 Å². The Hall–Kier alpha value is -3.26. The summed E-state index contributed by atoms with van der Waals surface area (Å²) in [6, 6.07) is 15.2. The van der Waals surface area contributed by atoms with Crippen molar-refractivity contribution in [2.75, 3.05) is 5.32 Å². The first-order valence-electron chi connectivity index (χ1n) is 8.72. The zero-order valence-electron chi connectivity index (χ0n) is 15.6. The number of anilines is 1. The van der Waals surface area contributed by atoms with Crippen LogP contribution >= 0.6 is 12.2 Å². The van der Waals surface area contributed by atoms with Crippen molar-refractivity contribution >= 4 is 40.7 Å². The Kier molecular flexibility index (Phi) is 7.65. The number of nitrogens with one attached hydrogen (secondary N) is 4. The third-order valence-corrected chi connectivity index (χ3v) is 3.78. The first kappa shape index (κ1) is 21.0. The van der Waals surface area contributed by atoms with Gasteiger partial charge in [-0.2, -0.15) is 0 Å². The number of hydrogen-bond acceptors (Lipinski definition) is 4. The van der Waals surface area contributed by atoms with Crippen molar-refractivity contribution in [1.82, 2.24) is 16.2 Å². The highest BCUT2D eigenvalue weighted by Gasteiger charge is 2.10. The van der Waals surface area contributed by atoms with E-state index in [1.807, 2.05) is 19.9 Å². The summed E-state index contributed by atoms with van der Waals surface area (Å²) in [5.74, 6) is -0.679. The van der Waals surface area contributed by atoms with Crippen molar-refractivity contribution in [3.63, 3.8) is 0 Å². The van der Waals surface area contributed by atoms with Gasteiger partial charge in [0.2, 0.25) is 5.91 Å². The van der Waals surface area contributed by atoms with Gasteiger partial charge in [-0.3, -0.25) is 25.2 Å². The van der Waals surface area contributed by atoms with Crippen molar-refractivity contribution in [3.05, 3.63) is 65.7 Å². The number of thiocarbonyl (C=S) groups is 1. The molecule has 0 unspecified atom stereocenters. The van der Waals surface area contributed by atoms with Crippen LogP contribution in [0.5, 0.6) is 0 Å². The lowest BCUT2D eigenvalue weighted by molar-refractivity contribution is -0.120. The minimum absolute atomic E-state index is 0.0192. The normalized spacial score (nSPS) is 10.1. The summed E-state index contributed by atoms with van der Waals surface area (Å²) in [4.78, 5) is 35.9. The first-order chi connectivity index (χ1) is 13.3. The number of carbonyl (C=O) groups excluding carboxylic acids is 3. The molecular formula is C20H22N4O3S. The number of hydrazine groups is 1. The Labute approximate surface area is 168 Å². The van der Waals surface area contributed by atoms with E-state index in [4.69, 9.17) is 12.2 Å². The highest BCUT2D eigenvalue weighted by Crippen LogP contribution is 2.11. The lowest BCUT2D eigenvalue weighted by Crippen LogP contribution is -2.48. The number of carbonyl (C=O) groups is 3. The summed E-state index contributed by atoms with van der Waals surface area (Å²) < 4.78 is 0. The van der Waals surface area contributed by atoms with Gasteiger partial charge >= 0.3 is 0 Å². The van der Waals surface area contributed by atoms with Gasteiger partial charge in [0.15, 0.2) is 5.11 Å². The molecule has 0 atom stereocenters. The van der Waals surface area contributed by atoms with E-state index in [9.17, 15) is 14.4 Å². The van der Waals surface area contributed by atoms with Crippen LogP contribution in [0.4, 0.5) is 5.69 Å². The van der Waals surface area contributed by atoms with Gasteiger partial charge in [-0.1, -0.05) is 32.0 Å². The molecule has 4 N–H and O–H groups in total. The molecular weight excluding hydrogens is 376 g/mol. The third kappa shape index (κ3) is 6.81. The molecule has 0 radical (unpaired) electrons. The van der Waals surface area contributed by atoms with Crippen LogP contribution in [-0.4, -0.2) is 22.8 Å². The Morgan fingerprint density at radius 1 is 0.857 bits per heavy atom. The smallest absolute Gasteiger partial charge is 0.269 e. The molecule has 0 aromatic heterocycles. The van der Waals surface area contributed by atoms with Gasteiger partial charge in [0.05, 0.1) is 0 Å².